The van der Waals surface area contributed by atoms with Crippen LogP contribution in [0.5, 0.6) is 0 Å². The van der Waals surface area contributed by atoms with E-state index in [9.17, 15) is 4.79 Å². The summed E-state index contributed by atoms with van der Waals surface area (Å²) >= 11 is 0. The molecule has 6 nitrogen and oxygen atoms in total. The van der Waals surface area contributed by atoms with Gasteiger partial charge in [0, 0.05) is 37.9 Å². The lowest BCUT2D eigenvalue weighted by Crippen LogP contribution is -2.49. The van der Waals surface area contributed by atoms with Crippen molar-refractivity contribution in [2.45, 2.75) is 6.92 Å². The summed E-state index contributed by atoms with van der Waals surface area (Å²) in [7, 11) is 0. The standard InChI is InChI=1S/C16H16N4O2/c1-12-3-9-22-15(12)16(21)20-7-5-19(6-8-20)14-10-13(11-17)2-4-18-14/h2-4,9-10H,5-8H2,1H3. The number of amides is 1. The lowest BCUT2D eigenvalue weighted by molar-refractivity contribution is 0.0713. The summed E-state index contributed by atoms with van der Waals surface area (Å²) in [6.07, 6.45) is 3.17. The van der Waals surface area contributed by atoms with Gasteiger partial charge in [-0.3, -0.25) is 4.79 Å². The first-order valence-electron chi connectivity index (χ1n) is 7.13. The fraction of sp³-hybridized carbons (Fsp3) is 0.312. The second-order valence-corrected chi connectivity index (χ2v) is 5.23. The maximum atomic E-state index is 12.4. The second-order valence-electron chi connectivity index (χ2n) is 5.23. The van der Waals surface area contributed by atoms with Gasteiger partial charge in [0.1, 0.15) is 5.82 Å². The van der Waals surface area contributed by atoms with Crippen LogP contribution < -0.4 is 4.90 Å². The quantitative estimate of drug-likeness (QED) is 0.845. The van der Waals surface area contributed by atoms with Crippen LogP contribution in [0.15, 0.2) is 35.1 Å². The van der Waals surface area contributed by atoms with Gasteiger partial charge < -0.3 is 14.2 Å². The molecule has 3 heterocycles. The van der Waals surface area contributed by atoms with Crippen molar-refractivity contribution < 1.29 is 9.21 Å². The monoisotopic (exact) mass is 296 g/mol. The number of nitriles is 1. The molecular weight excluding hydrogens is 280 g/mol. The Labute approximate surface area is 128 Å². The molecule has 6 heteroatoms. The van der Waals surface area contributed by atoms with Crippen molar-refractivity contribution in [3.05, 3.63) is 47.5 Å². The topological polar surface area (TPSA) is 73.4 Å². The van der Waals surface area contributed by atoms with E-state index in [-0.39, 0.29) is 5.91 Å². The highest BCUT2D eigenvalue weighted by molar-refractivity contribution is 5.93. The molecule has 0 aromatic carbocycles. The number of hydrogen-bond donors (Lipinski definition) is 0. The van der Waals surface area contributed by atoms with Gasteiger partial charge in [-0.05, 0) is 25.1 Å². The van der Waals surface area contributed by atoms with Crippen molar-refractivity contribution in [1.29, 1.82) is 5.26 Å². The molecule has 0 saturated carbocycles. The van der Waals surface area contributed by atoms with E-state index in [0.717, 1.165) is 11.4 Å². The molecular formula is C16H16N4O2. The minimum absolute atomic E-state index is 0.0686. The van der Waals surface area contributed by atoms with Gasteiger partial charge in [0.25, 0.3) is 5.91 Å². The Morgan fingerprint density at radius 2 is 2.09 bits per heavy atom. The van der Waals surface area contributed by atoms with Gasteiger partial charge in [-0.15, -0.1) is 0 Å². The molecule has 1 saturated heterocycles. The molecule has 0 bridgehead atoms. The summed E-state index contributed by atoms with van der Waals surface area (Å²) in [6.45, 7) is 4.46. The predicted molar refractivity (Wildman–Crippen MR) is 80.5 cm³/mol. The van der Waals surface area contributed by atoms with Crippen LogP contribution in [0.25, 0.3) is 0 Å². The van der Waals surface area contributed by atoms with Crippen LogP contribution >= 0.6 is 0 Å². The van der Waals surface area contributed by atoms with Crippen LogP contribution in [0.2, 0.25) is 0 Å². The third-order valence-corrected chi connectivity index (χ3v) is 3.82. The molecule has 1 aliphatic rings. The second kappa shape index (κ2) is 5.90. The summed E-state index contributed by atoms with van der Waals surface area (Å²) in [5, 5.41) is 8.95. The van der Waals surface area contributed by atoms with Gasteiger partial charge in [0.15, 0.2) is 5.76 Å². The summed E-state index contributed by atoms with van der Waals surface area (Å²) in [5.74, 6) is 1.12. The Kier molecular flexibility index (Phi) is 3.79. The number of carbonyl (C=O) groups excluding carboxylic acids is 1. The van der Waals surface area contributed by atoms with E-state index in [2.05, 4.69) is 16.0 Å². The van der Waals surface area contributed by atoms with Gasteiger partial charge in [-0.25, -0.2) is 4.98 Å². The van der Waals surface area contributed by atoms with Crippen molar-refractivity contribution in [3.63, 3.8) is 0 Å². The Balaban J connectivity index is 1.66. The van der Waals surface area contributed by atoms with Crippen LogP contribution in [-0.2, 0) is 0 Å². The SMILES string of the molecule is Cc1ccoc1C(=O)N1CCN(c2cc(C#N)ccn2)CC1. The average molecular weight is 296 g/mol. The van der Waals surface area contributed by atoms with Gasteiger partial charge >= 0.3 is 0 Å². The van der Waals surface area contributed by atoms with Crippen molar-refractivity contribution >= 4 is 11.7 Å². The largest absolute Gasteiger partial charge is 0.459 e. The highest BCUT2D eigenvalue weighted by atomic mass is 16.3. The number of furan rings is 1. The van der Waals surface area contributed by atoms with Crippen molar-refractivity contribution in [2.75, 3.05) is 31.1 Å². The van der Waals surface area contributed by atoms with E-state index >= 15 is 0 Å². The highest BCUT2D eigenvalue weighted by Crippen LogP contribution is 2.17. The van der Waals surface area contributed by atoms with Gasteiger partial charge in [-0.2, -0.15) is 5.26 Å². The summed E-state index contributed by atoms with van der Waals surface area (Å²) in [4.78, 5) is 20.5. The van der Waals surface area contributed by atoms with Gasteiger partial charge in [0.05, 0.1) is 17.9 Å². The smallest absolute Gasteiger partial charge is 0.289 e. The van der Waals surface area contributed by atoms with Crippen molar-refractivity contribution in [1.82, 2.24) is 9.88 Å². The molecule has 2 aromatic heterocycles. The van der Waals surface area contributed by atoms with E-state index in [0.29, 0.717) is 37.5 Å². The number of aryl methyl sites for hydroxylation is 1. The molecule has 1 fully saturated rings. The lowest BCUT2D eigenvalue weighted by Gasteiger charge is -2.35. The fourth-order valence-corrected chi connectivity index (χ4v) is 2.53. The van der Waals surface area contributed by atoms with E-state index in [1.807, 2.05) is 6.92 Å². The first-order valence-corrected chi connectivity index (χ1v) is 7.13. The Bertz CT molecular complexity index is 724. The third-order valence-electron chi connectivity index (χ3n) is 3.82. The van der Waals surface area contributed by atoms with E-state index in [4.69, 9.17) is 9.68 Å². The molecule has 22 heavy (non-hydrogen) atoms. The number of nitrogens with zero attached hydrogens (tertiary/aromatic N) is 4. The zero-order valence-electron chi connectivity index (χ0n) is 12.3. The Morgan fingerprint density at radius 3 is 2.73 bits per heavy atom. The number of aromatic nitrogens is 1. The van der Waals surface area contributed by atoms with Crippen molar-refractivity contribution in [3.8, 4) is 6.07 Å². The minimum Gasteiger partial charge on any atom is -0.459 e. The molecule has 1 aliphatic heterocycles. The van der Waals surface area contributed by atoms with Crippen LogP contribution in [0.1, 0.15) is 21.7 Å². The molecule has 112 valence electrons. The molecule has 1 amide bonds. The van der Waals surface area contributed by atoms with Crippen LogP contribution in [0, 0.1) is 18.3 Å². The number of anilines is 1. The van der Waals surface area contributed by atoms with E-state index in [1.165, 1.54) is 6.26 Å². The molecule has 0 spiro atoms. The fourth-order valence-electron chi connectivity index (χ4n) is 2.53. The summed E-state index contributed by atoms with van der Waals surface area (Å²) in [5.41, 5.74) is 1.45. The molecule has 0 N–H and O–H groups in total. The zero-order valence-corrected chi connectivity index (χ0v) is 12.3. The first-order chi connectivity index (χ1) is 10.7. The normalized spacial score (nSPS) is 14.7. The number of rotatable bonds is 2. The highest BCUT2D eigenvalue weighted by Gasteiger charge is 2.25. The average Bonchev–Trinajstić information content (AvgIpc) is 3.00. The van der Waals surface area contributed by atoms with Gasteiger partial charge in [-0.1, -0.05) is 0 Å². The zero-order chi connectivity index (χ0) is 15.5. The maximum absolute atomic E-state index is 12.4. The van der Waals surface area contributed by atoms with Gasteiger partial charge in [0.2, 0.25) is 0 Å². The molecule has 2 aromatic rings. The Morgan fingerprint density at radius 1 is 1.32 bits per heavy atom. The van der Waals surface area contributed by atoms with Crippen LogP contribution in [-0.4, -0.2) is 42.0 Å². The molecule has 3 rings (SSSR count). The minimum atomic E-state index is -0.0686. The van der Waals surface area contributed by atoms with E-state index in [1.54, 1.807) is 29.3 Å². The molecule has 0 atom stereocenters. The van der Waals surface area contributed by atoms with Crippen LogP contribution in [0.3, 0.4) is 0 Å². The Hall–Kier alpha value is -2.81. The molecule has 0 unspecified atom stereocenters. The van der Waals surface area contributed by atoms with Crippen molar-refractivity contribution in [2.24, 2.45) is 0 Å². The first kappa shape index (κ1) is 14.1. The molecule has 0 radical (unpaired) electrons. The number of pyridine rings is 1. The number of carbonyl (C=O) groups is 1. The summed E-state index contributed by atoms with van der Waals surface area (Å²) < 4.78 is 5.27. The molecule has 0 aliphatic carbocycles. The van der Waals surface area contributed by atoms with Crippen LogP contribution in [0.4, 0.5) is 5.82 Å². The number of hydrogen-bond acceptors (Lipinski definition) is 5. The van der Waals surface area contributed by atoms with E-state index < -0.39 is 0 Å². The maximum Gasteiger partial charge on any atom is 0.289 e. The number of piperazine rings is 1. The predicted octanol–water partition coefficient (Wildman–Crippen LogP) is 1.82. The summed E-state index contributed by atoms with van der Waals surface area (Å²) in [6, 6.07) is 7.36. The lowest BCUT2D eigenvalue weighted by atomic mass is 10.2. The third kappa shape index (κ3) is 2.66.